The average Bonchev–Trinajstić information content (AvgIpc) is 3.38. The zero-order chi connectivity index (χ0) is 19.7. The molecule has 2 aromatic rings. The van der Waals surface area contributed by atoms with Crippen LogP contribution in [0.25, 0.3) is 5.82 Å². The Kier molecular flexibility index (Phi) is 5.11. The maximum absolute atomic E-state index is 13.2. The fourth-order valence-corrected chi connectivity index (χ4v) is 3.74. The highest BCUT2D eigenvalue weighted by Crippen LogP contribution is 2.32. The largest absolute Gasteiger partial charge is 0.337 e. The van der Waals surface area contributed by atoms with E-state index in [-0.39, 0.29) is 17.9 Å². The Bertz CT molecular complexity index is 846. The van der Waals surface area contributed by atoms with Gasteiger partial charge in [-0.25, -0.2) is 4.98 Å². The summed E-state index contributed by atoms with van der Waals surface area (Å²) < 4.78 is 1.66. The molecular weight excluding hydrogens is 356 g/mol. The van der Waals surface area contributed by atoms with Gasteiger partial charge in [0.25, 0.3) is 5.91 Å². The van der Waals surface area contributed by atoms with Crippen LogP contribution in [0, 0.1) is 11.8 Å². The van der Waals surface area contributed by atoms with Crippen LogP contribution in [0.1, 0.15) is 43.5 Å². The number of rotatable bonds is 5. The molecule has 2 fully saturated rings. The second-order valence-electron chi connectivity index (χ2n) is 8.07. The lowest BCUT2D eigenvalue weighted by molar-refractivity contribution is -0.133. The van der Waals surface area contributed by atoms with Gasteiger partial charge in [0, 0.05) is 37.8 Å². The molecule has 4 rings (SSSR count). The van der Waals surface area contributed by atoms with E-state index in [0.717, 1.165) is 6.54 Å². The van der Waals surface area contributed by atoms with Crippen molar-refractivity contribution in [3.63, 3.8) is 0 Å². The van der Waals surface area contributed by atoms with Gasteiger partial charge in [0.05, 0.1) is 6.04 Å². The Hall–Kier alpha value is -2.77. The molecule has 1 saturated carbocycles. The Labute approximate surface area is 164 Å². The van der Waals surface area contributed by atoms with Gasteiger partial charge in [0.1, 0.15) is 18.5 Å². The van der Waals surface area contributed by atoms with Crippen LogP contribution in [-0.2, 0) is 4.79 Å². The number of carbonyl (C=O) groups excluding carboxylic acids is 2. The molecule has 0 unspecified atom stereocenters. The molecule has 2 aromatic heterocycles. The fraction of sp³-hybridized carbons (Fsp3) is 0.550. The number of hydrogen-bond acceptors (Lipinski definition) is 5. The molecule has 1 atom stereocenters. The monoisotopic (exact) mass is 382 g/mol. The minimum atomic E-state index is -0.0663. The maximum Gasteiger partial charge on any atom is 0.254 e. The smallest absolute Gasteiger partial charge is 0.254 e. The van der Waals surface area contributed by atoms with Crippen molar-refractivity contribution in [3.05, 3.63) is 36.5 Å². The van der Waals surface area contributed by atoms with Gasteiger partial charge >= 0.3 is 0 Å². The van der Waals surface area contributed by atoms with Gasteiger partial charge in [-0.1, -0.05) is 13.8 Å². The molecule has 1 aliphatic carbocycles. The molecule has 0 spiro atoms. The highest BCUT2D eigenvalue weighted by molar-refractivity contribution is 5.95. The van der Waals surface area contributed by atoms with Crippen molar-refractivity contribution in [1.29, 1.82) is 0 Å². The molecule has 1 saturated heterocycles. The first kappa shape index (κ1) is 18.6. The number of hydrogen-bond donors (Lipinski definition) is 0. The molecule has 2 amide bonds. The summed E-state index contributed by atoms with van der Waals surface area (Å²) >= 11 is 0. The van der Waals surface area contributed by atoms with E-state index in [1.807, 2.05) is 9.80 Å². The van der Waals surface area contributed by atoms with Crippen LogP contribution in [0.5, 0.6) is 0 Å². The second-order valence-corrected chi connectivity index (χ2v) is 8.07. The van der Waals surface area contributed by atoms with Gasteiger partial charge in [-0.2, -0.15) is 0 Å². The van der Waals surface area contributed by atoms with Gasteiger partial charge in [-0.3, -0.25) is 14.2 Å². The molecule has 2 aliphatic rings. The number of carbonyl (C=O) groups is 2. The van der Waals surface area contributed by atoms with Gasteiger partial charge in [0.2, 0.25) is 5.91 Å². The van der Waals surface area contributed by atoms with Crippen LogP contribution in [0.4, 0.5) is 0 Å². The SMILES string of the molecule is CC(C)[C@H]1CN(C(=O)c2ccnc(-n3cnnc3)c2)CCC(=O)N1CC1CC1. The van der Waals surface area contributed by atoms with Gasteiger partial charge in [-0.05, 0) is 36.8 Å². The third-order valence-corrected chi connectivity index (χ3v) is 5.61. The highest BCUT2D eigenvalue weighted by Gasteiger charge is 2.36. The first-order chi connectivity index (χ1) is 13.5. The zero-order valence-electron chi connectivity index (χ0n) is 16.4. The van der Waals surface area contributed by atoms with Gasteiger partial charge in [-0.15, -0.1) is 10.2 Å². The zero-order valence-corrected chi connectivity index (χ0v) is 16.4. The topological polar surface area (TPSA) is 84.2 Å². The number of nitrogens with zero attached hydrogens (tertiary/aromatic N) is 6. The van der Waals surface area contributed by atoms with Gasteiger partial charge < -0.3 is 9.80 Å². The molecule has 0 aromatic carbocycles. The van der Waals surface area contributed by atoms with Crippen molar-refractivity contribution in [2.45, 2.75) is 39.2 Å². The minimum Gasteiger partial charge on any atom is -0.337 e. The predicted molar refractivity (Wildman–Crippen MR) is 103 cm³/mol. The first-order valence-corrected chi connectivity index (χ1v) is 9.92. The van der Waals surface area contributed by atoms with Crippen molar-refractivity contribution in [2.75, 3.05) is 19.6 Å². The molecule has 8 nitrogen and oxygen atoms in total. The van der Waals surface area contributed by atoms with Crippen LogP contribution >= 0.6 is 0 Å². The molecule has 0 N–H and O–H groups in total. The number of aromatic nitrogens is 4. The summed E-state index contributed by atoms with van der Waals surface area (Å²) in [6.45, 7) is 6.10. The van der Waals surface area contributed by atoms with E-state index in [0.29, 0.717) is 42.7 Å². The van der Waals surface area contributed by atoms with Crippen LogP contribution in [0.15, 0.2) is 31.0 Å². The third kappa shape index (κ3) is 3.90. The Morgan fingerprint density at radius 3 is 2.68 bits per heavy atom. The number of amides is 2. The lowest BCUT2D eigenvalue weighted by Crippen LogP contribution is -2.48. The first-order valence-electron chi connectivity index (χ1n) is 9.92. The van der Waals surface area contributed by atoms with Crippen molar-refractivity contribution in [2.24, 2.45) is 11.8 Å². The minimum absolute atomic E-state index is 0.0544. The summed E-state index contributed by atoms with van der Waals surface area (Å²) in [6.07, 6.45) is 7.51. The standard InChI is InChI=1S/C20H26N6O2/c1-14(2)17-11-24(8-6-19(27)26(17)10-15-3-4-15)20(28)16-5-7-21-18(9-16)25-12-22-23-13-25/h5,7,9,12-15,17H,3-4,6,8,10-11H2,1-2H3/t17-/m1/s1. The quantitative estimate of drug-likeness (QED) is 0.787. The van der Waals surface area contributed by atoms with E-state index in [2.05, 4.69) is 29.0 Å². The summed E-state index contributed by atoms with van der Waals surface area (Å²) in [5.41, 5.74) is 0.560. The van der Waals surface area contributed by atoms with Crippen LogP contribution in [-0.4, -0.2) is 67.0 Å². The summed E-state index contributed by atoms with van der Waals surface area (Å²) in [4.78, 5) is 34.1. The summed E-state index contributed by atoms with van der Waals surface area (Å²) in [5.74, 6) is 1.63. The van der Waals surface area contributed by atoms with E-state index in [9.17, 15) is 9.59 Å². The summed E-state index contributed by atoms with van der Waals surface area (Å²) in [7, 11) is 0. The third-order valence-electron chi connectivity index (χ3n) is 5.61. The van der Waals surface area contributed by atoms with E-state index in [4.69, 9.17) is 0 Å². The van der Waals surface area contributed by atoms with Crippen LogP contribution in [0.3, 0.4) is 0 Å². The van der Waals surface area contributed by atoms with Crippen molar-refractivity contribution < 1.29 is 9.59 Å². The molecule has 0 bridgehead atoms. The maximum atomic E-state index is 13.2. The Morgan fingerprint density at radius 2 is 2.00 bits per heavy atom. The molecule has 0 radical (unpaired) electrons. The Balaban J connectivity index is 1.55. The fourth-order valence-electron chi connectivity index (χ4n) is 3.74. The summed E-state index contributed by atoms with van der Waals surface area (Å²) in [5, 5.41) is 7.57. The van der Waals surface area contributed by atoms with E-state index >= 15 is 0 Å². The molecule has 28 heavy (non-hydrogen) atoms. The Morgan fingerprint density at radius 1 is 1.25 bits per heavy atom. The van der Waals surface area contributed by atoms with E-state index in [1.165, 1.54) is 12.8 Å². The molecule has 3 heterocycles. The van der Waals surface area contributed by atoms with E-state index in [1.54, 1.807) is 35.6 Å². The molecule has 8 heteroatoms. The number of pyridine rings is 1. The van der Waals surface area contributed by atoms with Crippen LogP contribution in [0.2, 0.25) is 0 Å². The van der Waals surface area contributed by atoms with Crippen LogP contribution < -0.4 is 0 Å². The predicted octanol–water partition coefficient (Wildman–Crippen LogP) is 1.77. The van der Waals surface area contributed by atoms with Gasteiger partial charge in [0.15, 0.2) is 0 Å². The molecular formula is C20H26N6O2. The lowest BCUT2D eigenvalue weighted by atomic mass is 10.0. The van der Waals surface area contributed by atoms with Crippen molar-refractivity contribution >= 4 is 11.8 Å². The van der Waals surface area contributed by atoms with Crippen molar-refractivity contribution in [1.82, 2.24) is 29.5 Å². The second kappa shape index (κ2) is 7.69. The average molecular weight is 382 g/mol. The normalized spacial score (nSPS) is 20.5. The molecule has 148 valence electrons. The van der Waals surface area contributed by atoms with E-state index < -0.39 is 0 Å². The summed E-state index contributed by atoms with van der Waals surface area (Å²) in [6, 6.07) is 3.51. The molecule has 1 aliphatic heterocycles. The highest BCUT2D eigenvalue weighted by atomic mass is 16.2. The lowest BCUT2D eigenvalue weighted by Gasteiger charge is -2.34. The van der Waals surface area contributed by atoms with Crippen molar-refractivity contribution in [3.8, 4) is 5.82 Å².